The number of aryl methyl sites for hydroxylation is 1. The standard InChI is InChI=1S/C28H34FN3O3S/c1-27-13-11-22-21-10-8-20(35-2)15-17(21)3-9-23(22)24(27)12-14-28(27,34)16-25(33)31-32-26(36)30-19-6-4-18(29)5-7-19/h4-8,10,15,22-24,34H,3,9,11-14,16H2,1-2H3,(H,31,33)(H2,30,32,36)/t22-,23-,24+,27+,28-/m1/s1. The molecule has 0 spiro atoms. The zero-order valence-electron chi connectivity index (χ0n) is 20.8. The van der Waals surface area contributed by atoms with Crippen molar-refractivity contribution in [3.8, 4) is 5.75 Å². The molecule has 0 saturated heterocycles. The number of thiocarbonyl (C=S) groups is 1. The van der Waals surface area contributed by atoms with Gasteiger partial charge in [-0.25, -0.2) is 4.39 Å². The second-order valence-electron chi connectivity index (χ2n) is 10.8. The second-order valence-corrected chi connectivity index (χ2v) is 11.2. The Kier molecular flexibility index (Phi) is 6.68. The van der Waals surface area contributed by atoms with E-state index in [1.165, 1.54) is 23.3 Å². The number of benzene rings is 2. The van der Waals surface area contributed by atoms with E-state index in [2.05, 4.69) is 41.3 Å². The molecular formula is C28H34FN3O3S. The lowest BCUT2D eigenvalue weighted by atomic mass is 9.53. The van der Waals surface area contributed by atoms with E-state index < -0.39 is 5.60 Å². The molecule has 6 nitrogen and oxygen atoms in total. The lowest BCUT2D eigenvalue weighted by molar-refractivity contribution is -0.140. The van der Waals surface area contributed by atoms with E-state index in [9.17, 15) is 14.3 Å². The molecule has 3 aliphatic carbocycles. The molecule has 36 heavy (non-hydrogen) atoms. The number of hydrazine groups is 1. The van der Waals surface area contributed by atoms with Crippen LogP contribution >= 0.6 is 12.2 Å². The molecule has 0 aliphatic heterocycles. The third-order valence-electron chi connectivity index (χ3n) is 9.13. The lowest BCUT2D eigenvalue weighted by Crippen LogP contribution is -2.54. The molecule has 0 bridgehead atoms. The Morgan fingerprint density at radius 1 is 1.14 bits per heavy atom. The Morgan fingerprint density at radius 2 is 1.92 bits per heavy atom. The summed E-state index contributed by atoms with van der Waals surface area (Å²) in [4.78, 5) is 12.8. The largest absolute Gasteiger partial charge is 0.497 e. The smallest absolute Gasteiger partial charge is 0.241 e. The molecular weight excluding hydrogens is 477 g/mol. The Labute approximate surface area is 217 Å². The third-order valence-corrected chi connectivity index (χ3v) is 9.33. The minimum absolute atomic E-state index is 0.0251. The number of nitrogens with one attached hydrogen (secondary N) is 3. The van der Waals surface area contributed by atoms with Crippen molar-refractivity contribution in [1.82, 2.24) is 10.9 Å². The Hall–Kier alpha value is -2.71. The molecule has 192 valence electrons. The highest BCUT2D eigenvalue weighted by molar-refractivity contribution is 7.80. The van der Waals surface area contributed by atoms with Crippen molar-refractivity contribution >= 4 is 28.9 Å². The van der Waals surface area contributed by atoms with Crippen LogP contribution in [0.25, 0.3) is 0 Å². The number of fused-ring (bicyclic) bond motifs is 5. The second kappa shape index (κ2) is 9.63. The van der Waals surface area contributed by atoms with Crippen molar-refractivity contribution in [1.29, 1.82) is 0 Å². The summed E-state index contributed by atoms with van der Waals surface area (Å²) < 4.78 is 18.5. The van der Waals surface area contributed by atoms with E-state index in [0.717, 1.165) is 37.9 Å². The van der Waals surface area contributed by atoms with Gasteiger partial charge in [0.05, 0.1) is 19.1 Å². The summed E-state index contributed by atoms with van der Waals surface area (Å²) in [7, 11) is 1.71. The summed E-state index contributed by atoms with van der Waals surface area (Å²) in [6.45, 7) is 2.19. The molecule has 2 aromatic rings. The number of hydrogen-bond acceptors (Lipinski definition) is 4. The number of ether oxygens (including phenoxy) is 1. The van der Waals surface area contributed by atoms with Crippen molar-refractivity contribution in [2.45, 2.75) is 63.4 Å². The quantitative estimate of drug-likeness (QED) is 0.348. The minimum atomic E-state index is -1.05. The molecule has 2 fully saturated rings. The summed E-state index contributed by atoms with van der Waals surface area (Å²) in [6.07, 6.45) is 5.64. The van der Waals surface area contributed by atoms with Crippen LogP contribution in [0, 0.1) is 23.1 Å². The third kappa shape index (κ3) is 4.45. The Bertz CT molecular complexity index is 1160. The molecule has 1 amide bonds. The Balaban J connectivity index is 1.21. The topological polar surface area (TPSA) is 82.6 Å². The molecule has 0 heterocycles. The van der Waals surface area contributed by atoms with Crippen LogP contribution in [0.15, 0.2) is 42.5 Å². The van der Waals surface area contributed by atoms with Crippen LogP contribution in [0.5, 0.6) is 5.75 Å². The van der Waals surface area contributed by atoms with Gasteiger partial charge in [-0.05, 0) is 121 Å². The van der Waals surface area contributed by atoms with Gasteiger partial charge >= 0.3 is 0 Å². The number of halogens is 1. The first-order valence-corrected chi connectivity index (χ1v) is 13.1. The van der Waals surface area contributed by atoms with Crippen molar-refractivity contribution in [3.05, 3.63) is 59.4 Å². The molecule has 8 heteroatoms. The van der Waals surface area contributed by atoms with Crippen LogP contribution in [-0.4, -0.2) is 28.8 Å². The average molecular weight is 512 g/mol. The zero-order valence-corrected chi connectivity index (χ0v) is 21.6. The summed E-state index contributed by atoms with van der Waals surface area (Å²) in [6, 6.07) is 12.2. The highest BCUT2D eigenvalue weighted by Gasteiger charge is 2.61. The van der Waals surface area contributed by atoms with Crippen molar-refractivity contribution in [2.24, 2.45) is 17.3 Å². The van der Waals surface area contributed by atoms with Crippen LogP contribution in [0.4, 0.5) is 10.1 Å². The van der Waals surface area contributed by atoms with Gasteiger partial charge in [-0.3, -0.25) is 15.6 Å². The van der Waals surface area contributed by atoms with E-state index in [1.54, 1.807) is 19.2 Å². The van der Waals surface area contributed by atoms with Crippen LogP contribution in [0.1, 0.15) is 62.5 Å². The van der Waals surface area contributed by atoms with E-state index in [1.807, 2.05) is 0 Å². The van der Waals surface area contributed by atoms with E-state index in [0.29, 0.717) is 29.9 Å². The molecule has 3 aliphatic rings. The first-order valence-electron chi connectivity index (χ1n) is 12.7. The average Bonchev–Trinajstić information content (AvgIpc) is 3.13. The molecule has 2 aromatic carbocycles. The summed E-state index contributed by atoms with van der Waals surface area (Å²) in [5.41, 5.74) is 7.39. The molecule has 0 unspecified atom stereocenters. The van der Waals surface area contributed by atoms with Crippen molar-refractivity contribution in [3.63, 3.8) is 0 Å². The number of rotatable bonds is 4. The predicted octanol–water partition coefficient (Wildman–Crippen LogP) is 4.83. The van der Waals surface area contributed by atoms with Gasteiger partial charge in [0, 0.05) is 5.69 Å². The fraction of sp³-hybridized carbons (Fsp3) is 0.500. The first kappa shape index (κ1) is 25.0. The first-order chi connectivity index (χ1) is 17.2. The summed E-state index contributed by atoms with van der Waals surface area (Å²) in [5, 5.41) is 14.9. The maximum absolute atomic E-state index is 13.1. The highest BCUT2D eigenvalue weighted by Crippen LogP contribution is 2.65. The normalized spacial score (nSPS) is 30.4. The van der Waals surface area contributed by atoms with Gasteiger partial charge < -0.3 is 15.2 Å². The van der Waals surface area contributed by atoms with Gasteiger partial charge in [0.2, 0.25) is 5.91 Å². The van der Waals surface area contributed by atoms with E-state index >= 15 is 0 Å². The maximum Gasteiger partial charge on any atom is 0.241 e. The van der Waals surface area contributed by atoms with Gasteiger partial charge in [0.15, 0.2) is 5.11 Å². The lowest BCUT2D eigenvalue weighted by Gasteiger charge is -2.53. The predicted molar refractivity (Wildman–Crippen MR) is 141 cm³/mol. The number of hydrogen-bond donors (Lipinski definition) is 4. The van der Waals surface area contributed by atoms with Crippen molar-refractivity contribution in [2.75, 3.05) is 12.4 Å². The minimum Gasteiger partial charge on any atom is -0.497 e. The van der Waals surface area contributed by atoms with E-state index in [-0.39, 0.29) is 28.7 Å². The van der Waals surface area contributed by atoms with Crippen LogP contribution in [0.2, 0.25) is 0 Å². The monoisotopic (exact) mass is 511 g/mol. The number of carbonyl (C=O) groups is 1. The van der Waals surface area contributed by atoms with Crippen LogP contribution in [0.3, 0.4) is 0 Å². The van der Waals surface area contributed by atoms with Gasteiger partial charge in [-0.1, -0.05) is 13.0 Å². The SMILES string of the molecule is COc1ccc2c(c1)CC[C@@H]1[C@@H]2CC[C@@]2(C)[C@H]1CC[C@@]2(O)CC(=O)NNC(=S)Nc1ccc(F)cc1. The van der Waals surface area contributed by atoms with E-state index in [4.69, 9.17) is 17.0 Å². The van der Waals surface area contributed by atoms with Crippen LogP contribution < -0.4 is 20.9 Å². The summed E-state index contributed by atoms with van der Waals surface area (Å²) >= 11 is 5.22. The molecule has 5 rings (SSSR count). The van der Waals surface area contributed by atoms with Gasteiger partial charge in [0.1, 0.15) is 11.6 Å². The number of carbonyl (C=O) groups excluding carboxylic acids is 1. The van der Waals surface area contributed by atoms with Crippen molar-refractivity contribution < 1.29 is 19.0 Å². The summed E-state index contributed by atoms with van der Waals surface area (Å²) in [5.74, 6) is 1.69. The van der Waals surface area contributed by atoms with Crippen LogP contribution in [-0.2, 0) is 11.2 Å². The maximum atomic E-state index is 13.1. The molecule has 5 atom stereocenters. The van der Waals surface area contributed by atoms with Gasteiger partial charge in [-0.15, -0.1) is 0 Å². The molecule has 2 saturated carbocycles. The fourth-order valence-electron chi connectivity index (χ4n) is 7.22. The van der Waals surface area contributed by atoms with Gasteiger partial charge in [0.25, 0.3) is 0 Å². The Morgan fingerprint density at radius 3 is 2.67 bits per heavy atom. The number of amides is 1. The zero-order chi connectivity index (χ0) is 25.5. The number of aliphatic hydroxyl groups is 1. The number of methoxy groups -OCH3 is 1. The molecule has 0 aromatic heterocycles. The molecule has 0 radical (unpaired) electrons. The highest BCUT2D eigenvalue weighted by atomic mass is 32.1. The molecule has 4 N–H and O–H groups in total. The number of anilines is 1. The van der Waals surface area contributed by atoms with Gasteiger partial charge in [-0.2, -0.15) is 0 Å². The fourth-order valence-corrected chi connectivity index (χ4v) is 7.39.